The van der Waals surface area contributed by atoms with Crippen molar-refractivity contribution in [3.8, 4) is 22.3 Å². The van der Waals surface area contributed by atoms with E-state index in [-0.39, 0.29) is 31.0 Å². The maximum absolute atomic E-state index is 2.28. The van der Waals surface area contributed by atoms with Crippen LogP contribution in [0.25, 0.3) is 65.3 Å². The molecule has 0 amide bonds. The fraction of sp³-hybridized carbons (Fsp3) is 0.0952. The van der Waals surface area contributed by atoms with Gasteiger partial charge in [-0.25, -0.2) is 0 Å². The first kappa shape index (κ1) is 35.4. The van der Waals surface area contributed by atoms with Crippen molar-refractivity contribution < 1.29 is 44.0 Å². The summed E-state index contributed by atoms with van der Waals surface area (Å²) < 4.78 is 0. The summed E-state index contributed by atoms with van der Waals surface area (Å²) >= 11 is 2.27. The molecular formula is C42H36Cl2SiTi-2. The minimum atomic E-state index is 0. The fourth-order valence-electron chi connectivity index (χ4n) is 6.16. The predicted octanol–water partition coefficient (Wildman–Crippen LogP) is 6.17. The van der Waals surface area contributed by atoms with Crippen LogP contribution in [0, 0.1) is 13.8 Å². The SMILES string of the molecule is C[Si](C)=[Ti+2].Cc1cc2c(-c3cccc4ccccc34)cccc2[cH-]1.Cc1cc2c(-c3cccc4ccccc34)cccc2[cH-]1.[Cl-].[Cl-]. The zero-order chi connectivity index (χ0) is 30.6. The maximum atomic E-state index is 2.28. The third kappa shape index (κ3) is 7.74. The number of benzene rings is 6. The minimum Gasteiger partial charge on any atom is -1.00 e. The number of hydrogen-bond acceptors (Lipinski definition) is 0. The van der Waals surface area contributed by atoms with Gasteiger partial charge in [-0.05, 0) is 32.7 Å². The third-order valence-corrected chi connectivity index (χ3v) is 7.95. The normalized spacial score (nSPS) is 10.4. The molecule has 0 aromatic heterocycles. The van der Waals surface area contributed by atoms with Gasteiger partial charge in [-0.2, -0.15) is 12.1 Å². The van der Waals surface area contributed by atoms with Crippen LogP contribution >= 0.6 is 0 Å². The molecule has 0 aliphatic rings. The van der Waals surface area contributed by atoms with Gasteiger partial charge in [-0.15, -0.1) is 69.1 Å². The summed E-state index contributed by atoms with van der Waals surface area (Å²) in [6.07, 6.45) is 0.120. The van der Waals surface area contributed by atoms with E-state index < -0.39 is 0 Å². The van der Waals surface area contributed by atoms with Gasteiger partial charge >= 0.3 is 38.5 Å². The van der Waals surface area contributed by atoms with Crippen molar-refractivity contribution in [2.45, 2.75) is 26.9 Å². The Morgan fingerprint density at radius 3 is 1.13 bits per heavy atom. The van der Waals surface area contributed by atoms with E-state index in [2.05, 4.69) is 192 Å². The van der Waals surface area contributed by atoms with Crippen LogP contribution < -0.4 is 24.8 Å². The first-order valence-electron chi connectivity index (χ1n) is 15.2. The molecule has 46 heavy (non-hydrogen) atoms. The largest absolute Gasteiger partial charge is 1.00 e. The molecule has 0 aliphatic heterocycles. The Morgan fingerprint density at radius 1 is 0.435 bits per heavy atom. The fourth-order valence-corrected chi connectivity index (χ4v) is 6.16. The molecule has 8 aromatic rings. The zero-order valence-electron chi connectivity index (χ0n) is 26.6. The Labute approximate surface area is 297 Å². The van der Waals surface area contributed by atoms with Crippen LogP contribution in [-0.2, 0) is 19.2 Å². The van der Waals surface area contributed by atoms with E-state index in [9.17, 15) is 0 Å². The van der Waals surface area contributed by atoms with Crippen LogP contribution in [-0.4, -0.2) is 6.19 Å². The predicted molar refractivity (Wildman–Crippen MR) is 192 cm³/mol. The summed E-state index contributed by atoms with van der Waals surface area (Å²) in [5.41, 5.74) is 7.94. The van der Waals surface area contributed by atoms with Crippen LogP contribution in [0.2, 0.25) is 13.1 Å². The number of fused-ring (bicyclic) bond motifs is 4. The smallest absolute Gasteiger partial charge is 0.0114 e. The molecule has 0 unspecified atom stereocenters. The third-order valence-electron chi connectivity index (χ3n) is 7.95. The summed E-state index contributed by atoms with van der Waals surface area (Å²) in [5.74, 6) is 0. The molecule has 8 rings (SSSR count). The first-order valence-corrected chi connectivity index (χ1v) is 20.0. The minimum absolute atomic E-state index is 0. The first-order chi connectivity index (χ1) is 21.4. The van der Waals surface area contributed by atoms with Crippen LogP contribution in [0.15, 0.2) is 146 Å². The molecule has 0 aliphatic carbocycles. The Kier molecular flexibility index (Phi) is 12.3. The van der Waals surface area contributed by atoms with E-state index in [1.807, 2.05) is 0 Å². The van der Waals surface area contributed by atoms with Gasteiger partial charge in [0, 0.05) is 0 Å². The Morgan fingerprint density at radius 2 is 0.739 bits per heavy atom. The van der Waals surface area contributed by atoms with Crippen molar-refractivity contribution in [1.82, 2.24) is 0 Å². The molecule has 228 valence electrons. The number of aryl methyl sites for hydroxylation is 2. The van der Waals surface area contributed by atoms with Crippen molar-refractivity contribution in [2.24, 2.45) is 0 Å². The monoisotopic (exact) mass is 686 g/mol. The molecule has 0 fully saturated rings. The van der Waals surface area contributed by atoms with Gasteiger partial charge in [0.05, 0.1) is 0 Å². The average molecular weight is 688 g/mol. The van der Waals surface area contributed by atoms with E-state index in [0.717, 1.165) is 0 Å². The summed E-state index contributed by atoms with van der Waals surface area (Å²) in [6, 6.07) is 52.5. The Bertz CT molecular complexity index is 2090. The van der Waals surface area contributed by atoms with Crippen molar-refractivity contribution in [2.75, 3.05) is 0 Å². The number of halogens is 2. The van der Waals surface area contributed by atoms with E-state index in [4.69, 9.17) is 0 Å². The van der Waals surface area contributed by atoms with Crippen molar-refractivity contribution >= 4 is 49.3 Å². The van der Waals surface area contributed by atoms with Gasteiger partial charge in [0.2, 0.25) is 0 Å². The molecule has 0 saturated heterocycles. The molecule has 0 bridgehead atoms. The molecule has 0 spiro atoms. The molecule has 0 atom stereocenters. The standard InChI is InChI=1S/2C20H15.C2H6Si.2ClH.Ti/c2*1-14-12-16-8-5-11-19(20(16)13-14)18-10-4-7-15-6-2-3-9-17(15)18;1-3-2;;;/h2*2-13H,1H3;1-2H3;2*1H;/q2*-1;;;;+2/p-2. The Balaban J connectivity index is 0.000000180. The van der Waals surface area contributed by atoms with Crippen molar-refractivity contribution in [3.63, 3.8) is 0 Å². The Hall–Kier alpha value is -3.43. The number of rotatable bonds is 2. The van der Waals surface area contributed by atoms with Gasteiger partial charge in [0.15, 0.2) is 0 Å². The van der Waals surface area contributed by atoms with Crippen LogP contribution in [0.5, 0.6) is 0 Å². The van der Waals surface area contributed by atoms with E-state index in [0.29, 0.717) is 0 Å². The van der Waals surface area contributed by atoms with Crippen LogP contribution in [0.3, 0.4) is 0 Å². The topological polar surface area (TPSA) is 0 Å². The van der Waals surface area contributed by atoms with E-state index >= 15 is 0 Å². The summed E-state index contributed by atoms with van der Waals surface area (Å²) in [7, 11) is 0. The molecular weight excluding hydrogens is 651 g/mol. The van der Waals surface area contributed by atoms with Gasteiger partial charge < -0.3 is 24.8 Å². The van der Waals surface area contributed by atoms with Gasteiger partial charge in [-0.3, -0.25) is 0 Å². The quantitative estimate of drug-likeness (QED) is 0.151. The average Bonchev–Trinajstić information content (AvgIpc) is 3.61. The van der Waals surface area contributed by atoms with Gasteiger partial charge in [0.25, 0.3) is 0 Å². The molecule has 0 saturated carbocycles. The van der Waals surface area contributed by atoms with Crippen LogP contribution in [0.1, 0.15) is 11.1 Å². The molecule has 0 radical (unpaired) electrons. The summed E-state index contributed by atoms with van der Waals surface area (Å²) in [5, 5.41) is 10.6. The molecule has 4 heteroatoms. The maximum Gasteiger partial charge on any atom is -0.0114 e. The summed E-state index contributed by atoms with van der Waals surface area (Å²) in [6.45, 7) is 8.86. The molecule has 0 nitrogen and oxygen atoms in total. The van der Waals surface area contributed by atoms with Gasteiger partial charge in [0.1, 0.15) is 0 Å². The molecule has 0 N–H and O–H groups in total. The second kappa shape index (κ2) is 15.9. The molecule has 0 heterocycles. The summed E-state index contributed by atoms with van der Waals surface area (Å²) in [4.78, 5) is 0. The second-order valence-electron chi connectivity index (χ2n) is 11.7. The van der Waals surface area contributed by atoms with Crippen LogP contribution in [0.4, 0.5) is 0 Å². The zero-order valence-corrected chi connectivity index (χ0v) is 30.7. The molecule has 8 aromatic carbocycles. The van der Waals surface area contributed by atoms with E-state index in [1.54, 1.807) is 0 Å². The van der Waals surface area contributed by atoms with Gasteiger partial charge in [-0.1, -0.05) is 122 Å². The van der Waals surface area contributed by atoms with Crippen molar-refractivity contribution in [3.05, 3.63) is 157 Å². The second-order valence-corrected chi connectivity index (χ2v) is 18.4. The number of hydrogen-bond donors (Lipinski definition) is 0. The van der Waals surface area contributed by atoms with Crippen molar-refractivity contribution in [1.29, 1.82) is 0 Å². The van der Waals surface area contributed by atoms with E-state index in [1.165, 1.54) is 76.5 Å².